The molecule has 0 amide bonds. The lowest BCUT2D eigenvalue weighted by Gasteiger charge is -2.39. The monoisotopic (exact) mass is 263 g/mol. The normalized spacial score (nSPS) is 27.2. The molecule has 102 valence electrons. The summed E-state index contributed by atoms with van der Waals surface area (Å²) in [5.74, 6) is 0.501. The minimum atomic E-state index is -2.91. The van der Waals surface area contributed by atoms with E-state index in [2.05, 4.69) is 11.8 Å². The number of rotatable bonds is 6. The number of likely N-dealkylation sites (tertiary alicyclic amines) is 1. The average Bonchev–Trinajstić information content (AvgIpc) is 2.27. The molecule has 1 N–H and O–H groups in total. The Morgan fingerprint density at radius 1 is 1.29 bits per heavy atom. The van der Waals surface area contributed by atoms with Gasteiger partial charge in [-0.15, -0.1) is 0 Å². The van der Waals surface area contributed by atoms with Crippen LogP contribution in [0.25, 0.3) is 0 Å². The number of piperidine rings is 1. The van der Waals surface area contributed by atoms with Gasteiger partial charge < -0.3 is 5.11 Å². The molecule has 0 radical (unpaired) electrons. The maximum absolute atomic E-state index is 11.7. The maximum atomic E-state index is 11.7. The summed E-state index contributed by atoms with van der Waals surface area (Å²) in [4.78, 5) is 2.16. The summed E-state index contributed by atoms with van der Waals surface area (Å²) in [5, 5.41) is 9.32. The van der Waals surface area contributed by atoms with Gasteiger partial charge in [-0.25, -0.2) is 8.42 Å². The molecule has 1 fully saturated rings. The molecule has 1 aliphatic rings. The van der Waals surface area contributed by atoms with E-state index >= 15 is 0 Å². The fourth-order valence-electron chi connectivity index (χ4n) is 2.60. The summed E-state index contributed by atoms with van der Waals surface area (Å²) in [6, 6.07) is 0.535. The van der Waals surface area contributed by atoms with Crippen molar-refractivity contribution in [1.29, 1.82) is 0 Å². The molecular formula is C12H25NO3S. The van der Waals surface area contributed by atoms with Crippen LogP contribution in [0, 0.1) is 0 Å². The number of aliphatic hydroxyl groups excluding tert-OH is 1. The molecule has 0 aromatic rings. The molecule has 1 heterocycles. The van der Waals surface area contributed by atoms with Crippen LogP contribution in [0.5, 0.6) is 0 Å². The van der Waals surface area contributed by atoms with Crippen molar-refractivity contribution in [3.63, 3.8) is 0 Å². The van der Waals surface area contributed by atoms with Crippen molar-refractivity contribution < 1.29 is 13.5 Å². The second-order valence-corrected chi connectivity index (χ2v) is 7.31. The zero-order chi connectivity index (χ0) is 12.9. The molecule has 2 atom stereocenters. The van der Waals surface area contributed by atoms with Gasteiger partial charge >= 0.3 is 0 Å². The van der Waals surface area contributed by atoms with E-state index in [0.717, 1.165) is 19.3 Å². The van der Waals surface area contributed by atoms with E-state index in [1.807, 2.05) is 6.92 Å². The number of aliphatic hydroxyl groups is 1. The highest BCUT2D eigenvalue weighted by Gasteiger charge is 2.28. The summed E-state index contributed by atoms with van der Waals surface area (Å²) in [5.41, 5.74) is 0. The van der Waals surface area contributed by atoms with Crippen molar-refractivity contribution >= 4 is 9.84 Å². The topological polar surface area (TPSA) is 57.6 Å². The fourth-order valence-corrected chi connectivity index (χ4v) is 3.91. The average molecular weight is 263 g/mol. The van der Waals surface area contributed by atoms with Gasteiger partial charge in [0.25, 0.3) is 0 Å². The number of nitrogens with zero attached hydrogens (tertiary/aromatic N) is 1. The van der Waals surface area contributed by atoms with Crippen LogP contribution >= 0.6 is 0 Å². The van der Waals surface area contributed by atoms with Crippen LogP contribution in [0.15, 0.2) is 0 Å². The highest BCUT2D eigenvalue weighted by molar-refractivity contribution is 7.91. The predicted molar refractivity (Wildman–Crippen MR) is 69.8 cm³/mol. The first kappa shape index (κ1) is 14.9. The SMILES string of the molecule is CCCS(=O)(=O)CCN1C(C)CCCC1CO. The third kappa shape index (κ3) is 4.56. The van der Waals surface area contributed by atoms with Gasteiger partial charge in [0.1, 0.15) is 0 Å². The predicted octanol–water partition coefficient (Wildman–Crippen LogP) is 1.05. The van der Waals surface area contributed by atoms with Crippen molar-refractivity contribution in [2.24, 2.45) is 0 Å². The van der Waals surface area contributed by atoms with Crippen LogP contribution in [-0.4, -0.2) is 55.2 Å². The molecule has 0 aromatic carbocycles. The second kappa shape index (κ2) is 6.71. The highest BCUT2D eigenvalue weighted by Crippen LogP contribution is 2.22. The van der Waals surface area contributed by atoms with Crippen molar-refractivity contribution in [3.8, 4) is 0 Å². The molecule has 2 unspecified atom stereocenters. The minimum absolute atomic E-state index is 0.137. The van der Waals surface area contributed by atoms with Crippen LogP contribution in [0.3, 0.4) is 0 Å². The Morgan fingerprint density at radius 3 is 2.59 bits per heavy atom. The van der Waals surface area contributed by atoms with Crippen LogP contribution in [-0.2, 0) is 9.84 Å². The molecule has 1 saturated heterocycles. The summed E-state index contributed by atoms with van der Waals surface area (Å²) in [6.07, 6.45) is 3.89. The quantitative estimate of drug-likeness (QED) is 0.778. The summed E-state index contributed by atoms with van der Waals surface area (Å²) in [6.45, 7) is 4.71. The third-order valence-corrected chi connectivity index (χ3v) is 5.42. The first-order chi connectivity index (χ1) is 8.00. The smallest absolute Gasteiger partial charge is 0.151 e. The molecule has 0 saturated carbocycles. The lowest BCUT2D eigenvalue weighted by Crippen LogP contribution is -2.48. The van der Waals surface area contributed by atoms with Gasteiger partial charge in [-0.1, -0.05) is 13.3 Å². The van der Waals surface area contributed by atoms with E-state index < -0.39 is 9.84 Å². The van der Waals surface area contributed by atoms with Gasteiger partial charge in [0, 0.05) is 24.4 Å². The Morgan fingerprint density at radius 2 is 2.00 bits per heavy atom. The lowest BCUT2D eigenvalue weighted by atomic mass is 9.97. The van der Waals surface area contributed by atoms with Crippen LogP contribution < -0.4 is 0 Å². The van der Waals surface area contributed by atoms with E-state index in [-0.39, 0.29) is 24.2 Å². The Bertz CT molecular complexity index is 316. The van der Waals surface area contributed by atoms with E-state index in [0.29, 0.717) is 19.0 Å². The molecule has 17 heavy (non-hydrogen) atoms. The van der Waals surface area contributed by atoms with E-state index in [4.69, 9.17) is 0 Å². The van der Waals surface area contributed by atoms with Gasteiger partial charge in [-0.2, -0.15) is 0 Å². The summed E-state index contributed by atoms with van der Waals surface area (Å²) in [7, 11) is -2.91. The molecule has 0 aliphatic carbocycles. The Hall–Kier alpha value is -0.130. The van der Waals surface area contributed by atoms with Crippen LogP contribution in [0.4, 0.5) is 0 Å². The van der Waals surface area contributed by atoms with Crippen molar-refractivity contribution in [2.75, 3.05) is 24.7 Å². The molecule has 4 nitrogen and oxygen atoms in total. The minimum Gasteiger partial charge on any atom is -0.395 e. The number of sulfone groups is 1. The lowest BCUT2D eigenvalue weighted by molar-refractivity contribution is 0.0574. The van der Waals surface area contributed by atoms with E-state index in [1.54, 1.807) is 0 Å². The molecular weight excluding hydrogens is 238 g/mol. The Kier molecular flexibility index (Phi) is 5.89. The molecule has 5 heteroatoms. The van der Waals surface area contributed by atoms with Crippen molar-refractivity contribution in [2.45, 2.75) is 51.6 Å². The van der Waals surface area contributed by atoms with Gasteiger partial charge in [0.05, 0.1) is 12.4 Å². The zero-order valence-electron chi connectivity index (χ0n) is 10.9. The standard InChI is InChI=1S/C12H25NO3S/c1-3-8-17(15,16)9-7-13-11(2)5-4-6-12(13)10-14/h11-12,14H,3-10H2,1-2H3. The highest BCUT2D eigenvalue weighted by atomic mass is 32.2. The molecule has 0 aromatic heterocycles. The third-order valence-electron chi connectivity index (χ3n) is 3.58. The molecule has 0 spiro atoms. The fraction of sp³-hybridized carbons (Fsp3) is 1.00. The first-order valence-electron chi connectivity index (χ1n) is 6.57. The van der Waals surface area contributed by atoms with Gasteiger partial charge in [0.15, 0.2) is 9.84 Å². The number of hydrogen-bond acceptors (Lipinski definition) is 4. The van der Waals surface area contributed by atoms with E-state index in [1.165, 1.54) is 0 Å². The second-order valence-electron chi connectivity index (χ2n) is 5.01. The molecule has 1 aliphatic heterocycles. The van der Waals surface area contributed by atoms with Crippen molar-refractivity contribution in [3.05, 3.63) is 0 Å². The van der Waals surface area contributed by atoms with Gasteiger partial charge in [-0.3, -0.25) is 4.90 Å². The van der Waals surface area contributed by atoms with E-state index in [9.17, 15) is 13.5 Å². The Balaban J connectivity index is 2.53. The van der Waals surface area contributed by atoms with Crippen molar-refractivity contribution in [1.82, 2.24) is 4.90 Å². The van der Waals surface area contributed by atoms with Crippen LogP contribution in [0.1, 0.15) is 39.5 Å². The maximum Gasteiger partial charge on any atom is 0.151 e. The zero-order valence-corrected chi connectivity index (χ0v) is 11.7. The summed E-state index contributed by atoms with van der Waals surface area (Å²) >= 11 is 0. The Labute approximate surface area is 105 Å². The molecule has 0 bridgehead atoms. The van der Waals surface area contributed by atoms with Gasteiger partial charge in [-0.05, 0) is 26.2 Å². The summed E-state index contributed by atoms with van der Waals surface area (Å²) < 4.78 is 23.4. The number of hydrogen-bond donors (Lipinski definition) is 1. The van der Waals surface area contributed by atoms with Gasteiger partial charge in [0.2, 0.25) is 0 Å². The molecule has 1 rings (SSSR count). The van der Waals surface area contributed by atoms with Crippen LogP contribution in [0.2, 0.25) is 0 Å². The largest absolute Gasteiger partial charge is 0.395 e. The first-order valence-corrected chi connectivity index (χ1v) is 8.39.